The zero-order chi connectivity index (χ0) is 17.0. The fraction of sp³-hybridized carbons (Fsp3) is 0.588. The summed E-state index contributed by atoms with van der Waals surface area (Å²) >= 11 is 1.63. The van der Waals surface area contributed by atoms with E-state index in [1.165, 1.54) is 0 Å². The largest absolute Gasteiger partial charge is 0.348 e. The lowest BCUT2D eigenvalue weighted by Gasteiger charge is -2.27. The zero-order valence-electron chi connectivity index (χ0n) is 14.2. The van der Waals surface area contributed by atoms with E-state index in [0.29, 0.717) is 18.1 Å². The lowest BCUT2D eigenvalue weighted by Crippen LogP contribution is -2.48. The molecule has 6 heteroatoms. The maximum absolute atomic E-state index is 12.6. The Kier molecular flexibility index (Phi) is 5.68. The van der Waals surface area contributed by atoms with Crippen LogP contribution in [0.25, 0.3) is 0 Å². The van der Waals surface area contributed by atoms with Gasteiger partial charge in [0.25, 0.3) is 0 Å². The predicted octanol–water partition coefficient (Wildman–Crippen LogP) is 2.60. The molecule has 0 saturated carbocycles. The van der Waals surface area contributed by atoms with Gasteiger partial charge in [0.2, 0.25) is 11.8 Å². The van der Waals surface area contributed by atoms with Gasteiger partial charge in [-0.1, -0.05) is 20.8 Å². The number of nitrogens with zero attached hydrogens (tertiary/aromatic N) is 2. The lowest BCUT2D eigenvalue weighted by atomic mass is 9.91. The van der Waals surface area contributed by atoms with Gasteiger partial charge in [-0.15, -0.1) is 11.8 Å². The number of nitrogens with one attached hydrogen (secondary N) is 1. The third-order valence-corrected chi connectivity index (χ3v) is 4.76. The van der Waals surface area contributed by atoms with Crippen molar-refractivity contribution in [1.82, 2.24) is 15.2 Å². The quantitative estimate of drug-likeness (QED) is 0.919. The smallest absolute Gasteiger partial charge is 0.244 e. The summed E-state index contributed by atoms with van der Waals surface area (Å²) in [6.45, 7) is 8.05. The van der Waals surface area contributed by atoms with Gasteiger partial charge in [-0.05, 0) is 30.0 Å². The van der Waals surface area contributed by atoms with Crippen LogP contribution in [-0.4, -0.2) is 39.4 Å². The second-order valence-corrected chi connectivity index (χ2v) is 8.13. The molecule has 1 saturated heterocycles. The van der Waals surface area contributed by atoms with Crippen molar-refractivity contribution in [3.8, 4) is 0 Å². The van der Waals surface area contributed by atoms with Crippen molar-refractivity contribution in [3.63, 3.8) is 0 Å². The van der Waals surface area contributed by atoms with Crippen LogP contribution in [-0.2, 0) is 9.59 Å². The monoisotopic (exact) mass is 335 g/mol. The Balaban J connectivity index is 1.99. The average Bonchev–Trinajstić information content (AvgIpc) is 2.96. The molecule has 2 atom stereocenters. The minimum atomic E-state index is -0.376. The van der Waals surface area contributed by atoms with Crippen LogP contribution in [0.4, 0.5) is 0 Å². The predicted molar refractivity (Wildman–Crippen MR) is 92.8 cm³/mol. The van der Waals surface area contributed by atoms with Crippen molar-refractivity contribution in [3.05, 3.63) is 30.1 Å². The van der Waals surface area contributed by atoms with Gasteiger partial charge in [0.15, 0.2) is 0 Å². The molecule has 1 aliphatic heterocycles. The van der Waals surface area contributed by atoms with E-state index in [1.54, 1.807) is 29.1 Å². The summed E-state index contributed by atoms with van der Waals surface area (Å²) in [7, 11) is 0. The Morgan fingerprint density at radius 1 is 1.39 bits per heavy atom. The number of amides is 2. The van der Waals surface area contributed by atoms with E-state index < -0.39 is 0 Å². The first-order valence-corrected chi connectivity index (χ1v) is 9.01. The number of aromatic nitrogens is 1. The van der Waals surface area contributed by atoms with Crippen LogP contribution < -0.4 is 5.32 Å². The third kappa shape index (κ3) is 4.96. The second-order valence-electron chi connectivity index (χ2n) is 7.13. The number of hydrogen-bond donors (Lipinski definition) is 1. The average molecular weight is 335 g/mol. The molecule has 1 fully saturated rings. The summed E-state index contributed by atoms with van der Waals surface area (Å²) in [5, 5.41) is 3.01. The number of carbonyl (C=O) groups is 2. The van der Waals surface area contributed by atoms with Crippen molar-refractivity contribution < 1.29 is 9.59 Å². The van der Waals surface area contributed by atoms with Crippen LogP contribution in [0.1, 0.15) is 45.7 Å². The number of rotatable bonds is 4. The molecule has 23 heavy (non-hydrogen) atoms. The normalized spacial score (nSPS) is 19.5. The highest BCUT2D eigenvalue weighted by Crippen LogP contribution is 2.27. The van der Waals surface area contributed by atoms with E-state index in [0.717, 1.165) is 5.56 Å². The Labute approximate surface area is 142 Å². The standard InChI is InChI=1S/C17H25N3O2S/c1-12(13-5-7-18-8-6-13)19-16(22)14-10-23-11-20(14)15(21)9-17(2,3)4/h5-8,12,14H,9-11H2,1-4H3,(H,19,22)/t12-,14-/m1/s1. The first-order valence-electron chi connectivity index (χ1n) is 7.85. The van der Waals surface area contributed by atoms with Crippen LogP contribution in [0.3, 0.4) is 0 Å². The molecule has 0 spiro atoms. The number of carbonyl (C=O) groups excluding carboxylic acids is 2. The molecule has 5 nitrogen and oxygen atoms in total. The van der Waals surface area contributed by atoms with E-state index >= 15 is 0 Å². The van der Waals surface area contributed by atoms with Crippen molar-refractivity contribution >= 4 is 23.6 Å². The molecule has 0 aromatic carbocycles. The fourth-order valence-corrected chi connectivity index (χ4v) is 3.69. The summed E-state index contributed by atoms with van der Waals surface area (Å²) in [5.41, 5.74) is 0.932. The summed E-state index contributed by atoms with van der Waals surface area (Å²) in [4.78, 5) is 30.7. The maximum Gasteiger partial charge on any atom is 0.244 e. The molecular formula is C17H25N3O2S. The molecule has 2 amide bonds. The van der Waals surface area contributed by atoms with Gasteiger partial charge in [-0.3, -0.25) is 14.6 Å². The van der Waals surface area contributed by atoms with E-state index in [2.05, 4.69) is 10.3 Å². The first-order chi connectivity index (χ1) is 10.8. The van der Waals surface area contributed by atoms with E-state index in [-0.39, 0.29) is 29.3 Å². The molecule has 1 N–H and O–H groups in total. The highest BCUT2D eigenvalue weighted by molar-refractivity contribution is 7.99. The molecule has 126 valence electrons. The molecule has 1 aliphatic rings. The summed E-state index contributed by atoms with van der Waals surface area (Å²) in [5.74, 6) is 1.22. The molecule has 0 bridgehead atoms. The Bertz CT molecular complexity index is 557. The van der Waals surface area contributed by atoms with Gasteiger partial charge in [0.1, 0.15) is 6.04 Å². The minimum Gasteiger partial charge on any atom is -0.348 e. The van der Waals surface area contributed by atoms with Crippen molar-refractivity contribution in [2.24, 2.45) is 5.41 Å². The highest BCUT2D eigenvalue weighted by atomic mass is 32.2. The van der Waals surface area contributed by atoms with Gasteiger partial charge in [-0.25, -0.2) is 0 Å². The van der Waals surface area contributed by atoms with Gasteiger partial charge < -0.3 is 10.2 Å². The highest BCUT2D eigenvalue weighted by Gasteiger charge is 2.36. The van der Waals surface area contributed by atoms with E-state index in [9.17, 15) is 9.59 Å². The van der Waals surface area contributed by atoms with Crippen LogP contribution in [0.15, 0.2) is 24.5 Å². The van der Waals surface area contributed by atoms with Crippen LogP contribution >= 0.6 is 11.8 Å². The molecule has 1 aromatic rings. The van der Waals surface area contributed by atoms with E-state index in [1.807, 2.05) is 39.8 Å². The summed E-state index contributed by atoms with van der Waals surface area (Å²) in [6.07, 6.45) is 3.88. The SMILES string of the molecule is C[C@@H](NC(=O)[C@H]1CSCN1C(=O)CC(C)(C)C)c1ccncc1. The maximum atomic E-state index is 12.6. The Hall–Kier alpha value is -1.56. The van der Waals surface area contributed by atoms with Gasteiger partial charge in [0.05, 0.1) is 11.9 Å². The lowest BCUT2D eigenvalue weighted by molar-refractivity contribution is -0.139. The minimum absolute atomic E-state index is 0.0548. The fourth-order valence-electron chi connectivity index (χ4n) is 2.51. The zero-order valence-corrected chi connectivity index (χ0v) is 15.0. The van der Waals surface area contributed by atoms with Crippen LogP contribution in [0, 0.1) is 5.41 Å². The first kappa shape index (κ1) is 17.8. The van der Waals surface area contributed by atoms with Gasteiger partial charge >= 0.3 is 0 Å². The molecule has 0 unspecified atom stereocenters. The Morgan fingerprint density at radius 3 is 2.65 bits per heavy atom. The second kappa shape index (κ2) is 7.34. The van der Waals surface area contributed by atoms with Crippen LogP contribution in [0.5, 0.6) is 0 Å². The molecule has 0 aliphatic carbocycles. The molecule has 1 aromatic heterocycles. The Morgan fingerprint density at radius 2 is 2.04 bits per heavy atom. The van der Waals surface area contributed by atoms with Crippen LogP contribution in [0.2, 0.25) is 0 Å². The summed E-state index contributed by atoms with van der Waals surface area (Å²) < 4.78 is 0. The van der Waals surface area contributed by atoms with Crippen molar-refractivity contribution in [2.75, 3.05) is 11.6 Å². The molecule has 0 radical (unpaired) electrons. The molecule has 2 rings (SSSR count). The molecule has 2 heterocycles. The number of hydrogen-bond acceptors (Lipinski definition) is 4. The van der Waals surface area contributed by atoms with E-state index in [4.69, 9.17) is 0 Å². The summed E-state index contributed by atoms with van der Waals surface area (Å²) in [6, 6.07) is 3.29. The van der Waals surface area contributed by atoms with Gasteiger partial charge in [0, 0.05) is 24.6 Å². The van der Waals surface area contributed by atoms with Crippen molar-refractivity contribution in [1.29, 1.82) is 0 Å². The third-order valence-electron chi connectivity index (χ3n) is 3.75. The molecular weight excluding hydrogens is 310 g/mol. The topological polar surface area (TPSA) is 62.3 Å². The number of thioether (sulfide) groups is 1. The van der Waals surface area contributed by atoms with Crippen molar-refractivity contribution in [2.45, 2.75) is 46.2 Å². The van der Waals surface area contributed by atoms with Gasteiger partial charge in [-0.2, -0.15) is 0 Å². The number of pyridine rings is 1.